The topological polar surface area (TPSA) is 111 Å². The Morgan fingerprint density at radius 2 is 1.78 bits per heavy atom. The first-order valence-corrected chi connectivity index (χ1v) is 10.8. The molecule has 2 amide bonds. The second-order valence-electron chi connectivity index (χ2n) is 6.87. The number of carbonyl (C=O) groups is 3. The number of esters is 1. The number of benzene rings is 2. The van der Waals surface area contributed by atoms with Crippen molar-refractivity contribution in [1.29, 1.82) is 0 Å². The molecule has 0 bridgehead atoms. The number of ether oxygens (including phenoxy) is 1. The molecule has 8 nitrogen and oxygen atoms in total. The standard InChI is InChI=1S/C23H23N3O5S/c1-14-19(15(2)31-26-14)13-32-20-7-5-4-6-18(20)23(29)30-12-21(27)25-17-10-8-16(9-11-17)22(28)24-3/h4-11H,12-13H2,1-3H3,(H,24,28)(H,25,27). The lowest BCUT2D eigenvalue weighted by Crippen LogP contribution is -2.21. The largest absolute Gasteiger partial charge is 0.452 e. The average molecular weight is 454 g/mol. The van der Waals surface area contributed by atoms with Crippen molar-refractivity contribution in [2.75, 3.05) is 19.0 Å². The number of aromatic nitrogens is 1. The van der Waals surface area contributed by atoms with Gasteiger partial charge in [-0.15, -0.1) is 11.8 Å². The van der Waals surface area contributed by atoms with E-state index in [4.69, 9.17) is 9.26 Å². The van der Waals surface area contributed by atoms with Crippen molar-refractivity contribution in [3.05, 3.63) is 76.7 Å². The Bertz CT molecular complexity index is 1110. The van der Waals surface area contributed by atoms with Crippen LogP contribution in [0.25, 0.3) is 0 Å². The van der Waals surface area contributed by atoms with Gasteiger partial charge in [0.1, 0.15) is 5.76 Å². The zero-order valence-corrected chi connectivity index (χ0v) is 18.7. The maximum Gasteiger partial charge on any atom is 0.339 e. The molecule has 0 atom stereocenters. The van der Waals surface area contributed by atoms with Crippen molar-refractivity contribution in [1.82, 2.24) is 10.5 Å². The van der Waals surface area contributed by atoms with Crippen LogP contribution in [-0.2, 0) is 15.3 Å². The zero-order valence-electron chi connectivity index (χ0n) is 17.9. The van der Waals surface area contributed by atoms with E-state index in [9.17, 15) is 14.4 Å². The molecular weight excluding hydrogens is 430 g/mol. The first-order chi connectivity index (χ1) is 15.4. The van der Waals surface area contributed by atoms with Crippen LogP contribution in [0, 0.1) is 13.8 Å². The van der Waals surface area contributed by atoms with Crippen molar-refractivity contribution in [3.8, 4) is 0 Å². The van der Waals surface area contributed by atoms with Crippen molar-refractivity contribution in [2.45, 2.75) is 24.5 Å². The summed E-state index contributed by atoms with van der Waals surface area (Å²) in [5, 5.41) is 9.10. The highest BCUT2D eigenvalue weighted by Gasteiger charge is 2.16. The van der Waals surface area contributed by atoms with Gasteiger partial charge in [-0.25, -0.2) is 4.79 Å². The molecule has 2 aromatic carbocycles. The molecule has 3 aromatic rings. The molecule has 0 spiro atoms. The lowest BCUT2D eigenvalue weighted by molar-refractivity contribution is -0.119. The molecule has 3 rings (SSSR count). The molecule has 0 radical (unpaired) electrons. The number of thioether (sulfide) groups is 1. The van der Waals surface area contributed by atoms with Crippen LogP contribution in [-0.4, -0.2) is 36.6 Å². The summed E-state index contributed by atoms with van der Waals surface area (Å²) in [5.41, 5.74) is 3.15. The van der Waals surface area contributed by atoms with Gasteiger partial charge in [-0.05, 0) is 50.2 Å². The van der Waals surface area contributed by atoms with E-state index in [0.29, 0.717) is 22.6 Å². The summed E-state index contributed by atoms with van der Waals surface area (Å²) in [5.74, 6) is 0.0551. The molecule has 0 aliphatic rings. The number of nitrogens with one attached hydrogen (secondary N) is 2. The van der Waals surface area contributed by atoms with Crippen LogP contribution in [0.5, 0.6) is 0 Å². The van der Waals surface area contributed by atoms with E-state index in [1.54, 1.807) is 43.4 Å². The smallest absolute Gasteiger partial charge is 0.339 e. The van der Waals surface area contributed by atoms with E-state index >= 15 is 0 Å². The van der Waals surface area contributed by atoms with Crippen LogP contribution in [0.4, 0.5) is 5.69 Å². The Balaban J connectivity index is 1.56. The minimum absolute atomic E-state index is 0.220. The lowest BCUT2D eigenvalue weighted by Gasteiger charge is -2.10. The number of nitrogens with zero attached hydrogens (tertiary/aromatic N) is 1. The molecule has 0 aliphatic heterocycles. The predicted octanol–water partition coefficient (Wildman–Crippen LogP) is 3.74. The minimum Gasteiger partial charge on any atom is -0.452 e. The quantitative estimate of drug-likeness (QED) is 0.395. The molecule has 32 heavy (non-hydrogen) atoms. The number of carbonyl (C=O) groups excluding carboxylic acids is 3. The summed E-state index contributed by atoms with van der Waals surface area (Å²) >= 11 is 1.47. The number of anilines is 1. The second kappa shape index (κ2) is 10.6. The fourth-order valence-corrected chi connectivity index (χ4v) is 4.07. The first-order valence-electron chi connectivity index (χ1n) is 9.81. The third-order valence-corrected chi connectivity index (χ3v) is 5.75. The summed E-state index contributed by atoms with van der Waals surface area (Å²) in [6.45, 7) is 3.29. The first kappa shape index (κ1) is 23.1. The molecule has 0 saturated carbocycles. The fraction of sp³-hybridized carbons (Fsp3) is 0.217. The normalized spacial score (nSPS) is 10.5. The van der Waals surface area contributed by atoms with E-state index in [2.05, 4.69) is 15.8 Å². The van der Waals surface area contributed by atoms with Gasteiger partial charge in [0.2, 0.25) is 0 Å². The second-order valence-corrected chi connectivity index (χ2v) is 7.89. The Labute approximate surface area is 189 Å². The monoisotopic (exact) mass is 453 g/mol. The van der Waals surface area contributed by atoms with Crippen molar-refractivity contribution in [2.24, 2.45) is 0 Å². The maximum absolute atomic E-state index is 12.6. The summed E-state index contributed by atoms with van der Waals surface area (Å²) < 4.78 is 10.4. The van der Waals surface area contributed by atoms with Gasteiger partial charge in [0.05, 0.1) is 11.3 Å². The summed E-state index contributed by atoms with van der Waals surface area (Å²) in [7, 11) is 1.54. The Morgan fingerprint density at radius 3 is 2.44 bits per heavy atom. The highest BCUT2D eigenvalue weighted by Crippen LogP contribution is 2.29. The Morgan fingerprint density at radius 1 is 1.06 bits per heavy atom. The van der Waals surface area contributed by atoms with E-state index in [1.807, 2.05) is 26.0 Å². The Kier molecular flexibility index (Phi) is 7.67. The van der Waals surface area contributed by atoms with Gasteiger partial charge in [0, 0.05) is 34.5 Å². The molecule has 0 aliphatic carbocycles. The summed E-state index contributed by atoms with van der Waals surface area (Å²) in [6, 6.07) is 13.4. The molecule has 1 heterocycles. The van der Waals surface area contributed by atoms with E-state index in [1.165, 1.54) is 11.8 Å². The Hall–Kier alpha value is -3.59. The van der Waals surface area contributed by atoms with E-state index in [0.717, 1.165) is 21.9 Å². The molecule has 166 valence electrons. The number of rotatable bonds is 8. The average Bonchev–Trinajstić information content (AvgIpc) is 3.13. The van der Waals surface area contributed by atoms with Crippen LogP contribution < -0.4 is 10.6 Å². The van der Waals surface area contributed by atoms with Gasteiger partial charge in [0.25, 0.3) is 11.8 Å². The minimum atomic E-state index is -0.586. The van der Waals surface area contributed by atoms with Gasteiger partial charge in [-0.3, -0.25) is 9.59 Å². The predicted molar refractivity (Wildman–Crippen MR) is 121 cm³/mol. The van der Waals surface area contributed by atoms with Gasteiger partial charge in [-0.1, -0.05) is 17.3 Å². The van der Waals surface area contributed by atoms with Crippen LogP contribution >= 0.6 is 11.8 Å². The maximum atomic E-state index is 12.6. The fourth-order valence-electron chi connectivity index (χ4n) is 2.87. The van der Waals surface area contributed by atoms with E-state index < -0.39 is 18.5 Å². The number of hydrogen-bond donors (Lipinski definition) is 2. The molecule has 0 saturated heterocycles. The highest BCUT2D eigenvalue weighted by atomic mass is 32.2. The van der Waals surface area contributed by atoms with Crippen LogP contribution in [0.3, 0.4) is 0 Å². The van der Waals surface area contributed by atoms with Gasteiger partial charge < -0.3 is 19.9 Å². The third-order valence-electron chi connectivity index (χ3n) is 4.65. The molecule has 9 heteroatoms. The summed E-state index contributed by atoms with van der Waals surface area (Å²) in [6.07, 6.45) is 0. The van der Waals surface area contributed by atoms with Crippen molar-refractivity contribution >= 4 is 35.2 Å². The van der Waals surface area contributed by atoms with Crippen LogP contribution in [0.2, 0.25) is 0 Å². The van der Waals surface area contributed by atoms with Crippen LogP contribution in [0.15, 0.2) is 57.9 Å². The highest BCUT2D eigenvalue weighted by molar-refractivity contribution is 7.98. The van der Waals surface area contributed by atoms with Gasteiger partial charge >= 0.3 is 5.97 Å². The number of amides is 2. The molecule has 2 N–H and O–H groups in total. The van der Waals surface area contributed by atoms with Crippen molar-refractivity contribution < 1.29 is 23.6 Å². The van der Waals surface area contributed by atoms with Gasteiger partial charge in [0.15, 0.2) is 6.61 Å². The van der Waals surface area contributed by atoms with E-state index in [-0.39, 0.29) is 5.91 Å². The zero-order chi connectivity index (χ0) is 23.1. The summed E-state index contributed by atoms with van der Waals surface area (Å²) in [4.78, 5) is 37.1. The molecule has 1 aromatic heterocycles. The molecule has 0 fully saturated rings. The van der Waals surface area contributed by atoms with Gasteiger partial charge in [-0.2, -0.15) is 0 Å². The number of hydrogen-bond acceptors (Lipinski definition) is 7. The van der Waals surface area contributed by atoms with Crippen LogP contribution in [0.1, 0.15) is 37.7 Å². The molecular formula is C23H23N3O5S. The lowest BCUT2D eigenvalue weighted by atomic mass is 10.2. The molecule has 0 unspecified atom stereocenters. The number of aryl methyl sites for hydroxylation is 2. The SMILES string of the molecule is CNC(=O)c1ccc(NC(=O)COC(=O)c2ccccc2SCc2c(C)noc2C)cc1. The third kappa shape index (κ3) is 5.76. The van der Waals surface area contributed by atoms with Crippen molar-refractivity contribution in [3.63, 3.8) is 0 Å².